The molecule has 10 nitrogen and oxygen atoms in total. The summed E-state index contributed by atoms with van der Waals surface area (Å²) in [6, 6.07) is 6.31. The van der Waals surface area contributed by atoms with Crippen molar-refractivity contribution in [2.75, 3.05) is 34.8 Å². The van der Waals surface area contributed by atoms with E-state index >= 15 is 0 Å². The predicted molar refractivity (Wildman–Crippen MR) is 157 cm³/mol. The summed E-state index contributed by atoms with van der Waals surface area (Å²) in [5, 5.41) is 4.29. The van der Waals surface area contributed by atoms with Crippen molar-refractivity contribution in [1.82, 2.24) is 20.0 Å². The standard InChI is InChI=1S/C31H34F3N7O3/c1-5-11-39-12-7-10-23(39)29-36-24(37-44-29)17-40-16-20-14-26(42)41(25-15-21(31(32,33)34)13-19(3)35-25)28(20)30(43)38(4)22-9-6-8-18(2)27(22)40/h5-6,8-9,11,13,15,20,23,28H,7,10,12,14,16-17H2,1-4H3/t20-,23+,28+/m1/s1. The average Bonchev–Trinajstić information content (AvgIpc) is 3.69. The maximum atomic E-state index is 14.1. The first-order valence-corrected chi connectivity index (χ1v) is 14.7. The summed E-state index contributed by atoms with van der Waals surface area (Å²) in [4.78, 5) is 43.4. The van der Waals surface area contributed by atoms with Crippen LogP contribution >= 0.6 is 0 Å². The number of halogens is 3. The zero-order valence-electron chi connectivity index (χ0n) is 25.0. The second kappa shape index (κ2) is 11.3. The minimum atomic E-state index is -4.63. The number of benzene rings is 1. The van der Waals surface area contributed by atoms with Crippen LogP contribution in [-0.4, -0.2) is 58.0 Å². The lowest BCUT2D eigenvalue weighted by Gasteiger charge is -2.39. The highest BCUT2D eigenvalue weighted by atomic mass is 19.4. The molecule has 0 unspecified atom stereocenters. The number of anilines is 3. The summed E-state index contributed by atoms with van der Waals surface area (Å²) in [6.07, 6.45) is 1.25. The number of nitrogens with zero attached hydrogens (tertiary/aromatic N) is 7. The molecular weight excluding hydrogens is 575 g/mol. The lowest BCUT2D eigenvalue weighted by molar-refractivity contribution is -0.137. The number of likely N-dealkylation sites (N-methyl/N-ethyl adjacent to an activating group) is 1. The quantitative estimate of drug-likeness (QED) is 0.391. The highest BCUT2D eigenvalue weighted by Gasteiger charge is 2.49. The molecule has 0 radical (unpaired) electrons. The first kappa shape index (κ1) is 29.6. The zero-order chi connectivity index (χ0) is 31.3. The van der Waals surface area contributed by atoms with Gasteiger partial charge in [-0.1, -0.05) is 23.4 Å². The number of fused-ring (bicyclic) bond motifs is 2. The van der Waals surface area contributed by atoms with Crippen molar-refractivity contribution in [3.63, 3.8) is 0 Å². The molecule has 13 heteroatoms. The summed E-state index contributed by atoms with van der Waals surface area (Å²) >= 11 is 0. The highest BCUT2D eigenvalue weighted by molar-refractivity contribution is 6.10. The Morgan fingerprint density at radius 1 is 1.14 bits per heavy atom. The number of hydrogen-bond donors (Lipinski definition) is 0. The van der Waals surface area contributed by atoms with Gasteiger partial charge in [-0.15, -0.1) is 0 Å². The molecule has 0 aliphatic carbocycles. The summed E-state index contributed by atoms with van der Waals surface area (Å²) in [5.74, 6) is -0.569. The van der Waals surface area contributed by atoms with Gasteiger partial charge in [-0.2, -0.15) is 18.2 Å². The van der Waals surface area contributed by atoms with E-state index in [9.17, 15) is 22.8 Å². The van der Waals surface area contributed by atoms with Gasteiger partial charge in [0.2, 0.25) is 17.7 Å². The van der Waals surface area contributed by atoms with Gasteiger partial charge < -0.3 is 19.2 Å². The molecular formula is C31H34F3N7O3. The molecule has 2 amide bonds. The van der Waals surface area contributed by atoms with Gasteiger partial charge in [-0.3, -0.25) is 14.5 Å². The topological polar surface area (TPSA) is 98.9 Å². The minimum absolute atomic E-state index is 0.00799. The fourth-order valence-corrected chi connectivity index (χ4v) is 6.71. The number of carbonyl (C=O) groups excluding carboxylic acids is 2. The lowest BCUT2D eigenvalue weighted by atomic mass is 9.95. The number of likely N-dealkylation sites (tertiary alicyclic amines) is 1. The summed E-state index contributed by atoms with van der Waals surface area (Å²) in [5.41, 5.74) is 1.50. The maximum absolute atomic E-state index is 14.1. The third-order valence-corrected chi connectivity index (χ3v) is 8.61. The molecule has 3 aliphatic rings. The Kier molecular flexibility index (Phi) is 7.58. The van der Waals surface area contributed by atoms with Gasteiger partial charge >= 0.3 is 6.18 Å². The molecule has 2 saturated heterocycles. The number of hydrogen-bond acceptors (Lipinski definition) is 8. The van der Waals surface area contributed by atoms with Crippen LogP contribution in [0.3, 0.4) is 0 Å². The van der Waals surface area contributed by atoms with Gasteiger partial charge in [0.15, 0.2) is 5.82 Å². The molecule has 232 valence electrons. The Morgan fingerprint density at radius 3 is 2.68 bits per heavy atom. The van der Waals surface area contributed by atoms with Crippen LogP contribution in [0.25, 0.3) is 0 Å². The first-order valence-electron chi connectivity index (χ1n) is 14.7. The SMILES string of the molecule is CC=CN1CCC[C@H]1c1nc(CN2C[C@H]3CC(=O)N(c4cc(C(F)(F)F)cc(C)n4)[C@@H]3C(=O)N(C)c3cccc(C)c32)no1. The number of pyridine rings is 1. The van der Waals surface area contributed by atoms with E-state index in [1.54, 1.807) is 7.05 Å². The number of carbonyl (C=O) groups is 2. The van der Waals surface area contributed by atoms with Gasteiger partial charge in [-0.05, 0) is 63.6 Å². The molecule has 3 atom stereocenters. The number of aryl methyl sites for hydroxylation is 2. The number of allylic oxidation sites excluding steroid dienone is 1. The Labute approximate surface area is 253 Å². The van der Waals surface area contributed by atoms with E-state index in [0.717, 1.165) is 47.7 Å². The summed E-state index contributed by atoms with van der Waals surface area (Å²) in [7, 11) is 1.62. The van der Waals surface area contributed by atoms with E-state index in [1.807, 2.05) is 49.2 Å². The highest BCUT2D eigenvalue weighted by Crippen LogP contribution is 2.42. The number of para-hydroxylation sites is 1. The van der Waals surface area contributed by atoms with Crippen molar-refractivity contribution in [2.24, 2.45) is 5.92 Å². The van der Waals surface area contributed by atoms with Crippen LogP contribution in [-0.2, 0) is 22.3 Å². The molecule has 0 saturated carbocycles. The number of alkyl halides is 3. The molecule has 44 heavy (non-hydrogen) atoms. The van der Waals surface area contributed by atoms with Crippen molar-refractivity contribution in [1.29, 1.82) is 0 Å². The van der Waals surface area contributed by atoms with Crippen LogP contribution in [0.15, 0.2) is 47.1 Å². The zero-order valence-corrected chi connectivity index (χ0v) is 25.0. The van der Waals surface area contributed by atoms with E-state index < -0.39 is 35.5 Å². The van der Waals surface area contributed by atoms with Crippen LogP contribution < -0.4 is 14.7 Å². The molecule has 3 aromatic rings. The third-order valence-electron chi connectivity index (χ3n) is 8.61. The van der Waals surface area contributed by atoms with E-state index in [1.165, 1.54) is 11.8 Å². The molecule has 2 aromatic heterocycles. The van der Waals surface area contributed by atoms with Crippen LogP contribution in [0.1, 0.15) is 60.8 Å². The summed E-state index contributed by atoms with van der Waals surface area (Å²) in [6.45, 7) is 6.76. The molecule has 0 N–H and O–H groups in total. The number of aromatic nitrogens is 3. The van der Waals surface area contributed by atoms with E-state index in [-0.39, 0.29) is 37.1 Å². The molecule has 0 bridgehead atoms. The van der Waals surface area contributed by atoms with Crippen molar-refractivity contribution < 1.29 is 27.3 Å². The molecule has 2 fully saturated rings. The smallest absolute Gasteiger partial charge is 0.366 e. The van der Waals surface area contributed by atoms with Crippen molar-refractivity contribution in [3.8, 4) is 0 Å². The van der Waals surface area contributed by atoms with Gasteiger partial charge in [-0.25, -0.2) is 4.98 Å². The molecule has 5 heterocycles. The molecule has 6 rings (SSSR count). The van der Waals surface area contributed by atoms with Gasteiger partial charge in [0.05, 0.1) is 23.5 Å². The van der Waals surface area contributed by atoms with Gasteiger partial charge in [0, 0.05) is 38.2 Å². The third kappa shape index (κ3) is 5.28. The second-order valence-corrected chi connectivity index (χ2v) is 11.7. The largest absolute Gasteiger partial charge is 0.416 e. The fraction of sp³-hybridized carbons (Fsp3) is 0.452. The maximum Gasteiger partial charge on any atom is 0.416 e. The second-order valence-electron chi connectivity index (χ2n) is 11.7. The van der Waals surface area contributed by atoms with E-state index in [4.69, 9.17) is 9.51 Å². The number of amides is 2. The lowest BCUT2D eigenvalue weighted by Crippen LogP contribution is -2.52. The van der Waals surface area contributed by atoms with Crippen molar-refractivity contribution >= 4 is 29.0 Å². The van der Waals surface area contributed by atoms with E-state index in [2.05, 4.69) is 15.0 Å². The molecule has 1 aromatic carbocycles. The van der Waals surface area contributed by atoms with Crippen LogP contribution in [0.5, 0.6) is 0 Å². The van der Waals surface area contributed by atoms with Gasteiger partial charge in [0.25, 0.3) is 0 Å². The van der Waals surface area contributed by atoms with Gasteiger partial charge in [0.1, 0.15) is 17.9 Å². The fourth-order valence-electron chi connectivity index (χ4n) is 6.71. The first-order chi connectivity index (χ1) is 21.0. The minimum Gasteiger partial charge on any atom is -0.366 e. The molecule has 0 spiro atoms. The Morgan fingerprint density at radius 2 is 1.93 bits per heavy atom. The van der Waals surface area contributed by atoms with Crippen LogP contribution in [0.4, 0.5) is 30.4 Å². The van der Waals surface area contributed by atoms with Crippen LogP contribution in [0.2, 0.25) is 0 Å². The van der Waals surface area contributed by atoms with Crippen LogP contribution in [0, 0.1) is 19.8 Å². The van der Waals surface area contributed by atoms with E-state index in [0.29, 0.717) is 17.4 Å². The van der Waals surface area contributed by atoms with Crippen molar-refractivity contribution in [2.45, 2.75) is 64.8 Å². The Bertz CT molecular complexity index is 1620. The Hall–Kier alpha value is -4.42. The average molecular weight is 610 g/mol. The Balaban J connectivity index is 1.38. The predicted octanol–water partition coefficient (Wildman–Crippen LogP) is 5.18. The summed E-state index contributed by atoms with van der Waals surface area (Å²) < 4.78 is 46.8. The number of rotatable bonds is 5. The monoisotopic (exact) mass is 609 g/mol. The molecule has 3 aliphatic heterocycles. The van der Waals surface area contributed by atoms with Crippen molar-refractivity contribution in [3.05, 3.63) is 71.1 Å². The normalized spacial score (nSPS) is 22.6.